The lowest BCUT2D eigenvalue weighted by molar-refractivity contribution is 0.480. The van der Waals surface area contributed by atoms with Gasteiger partial charge in [-0.2, -0.15) is 0 Å². The monoisotopic (exact) mass is 333 g/mol. The minimum Gasteiger partial charge on any atom is -0.348 e. The van der Waals surface area contributed by atoms with Crippen LogP contribution in [-0.4, -0.2) is 24.5 Å². The second kappa shape index (κ2) is 6.59. The van der Waals surface area contributed by atoms with E-state index in [1.165, 1.54) is 5.56 Å². The molecule has 2 aromatic rings. The second-order valence-electron chi connectivity index (χ2n) is 5.36. The van der Waals surface area contributed by atoms with E-state index in [1.807, 2.05) is 37.4 Å². The fourth-order valence-electron chi connectivity index (χ4n) is 2.51. The van der Waals surface area contributed by atoms with Crippen LogP contribution in [0, 0.1) is 0 Å². The van der Waals surface area contributed by atoms with Crippen LogP contribution in [0.15, 0.2) is 53.5 Å². The van der Waals surface area contributed by atoms with Crippen molar-refractivity contribution in [1.82, 2.24) is 10.2 Å². The summed E-state index contributed by atoms with van der Waals surface area (Å²) in [5.41, 5.74) is 2.28. The molecule has 5 heteroatoms. The second-order valence-corrected chi connectivity index (χ2v) is 6.21. The van der Waals surface area contributed by atoms with E-state index in [-0.39, 0.29) is 6.04 Å². The van der Waals surface area contributed by atoms with Crippen LogP contribution < -0.4 is 5.32 Å². The molecule has 3 rings (SSSR count). The highest BCUT2D eigenvalue weighted by Crippen LogP contribution is 2.23. The maximum absolute atomic E-state index is 6.23. The zero-order valence-corrected chi connectivity index (χ0v) is 13.8. The number of aliphatic imine (C=N–C) groups is 1. The molecule has 0 amide bonds. The highest BCUT2D eigenvalue weighted by atomic mass is 35.5. The molecule has 1 heterocycles. The van der Waals surface area contributed by atoms with Crippen LogP contribution in [0.4, 0.5) is 0 Å². The van der Waals surface area contributed by atoms with Gasteiger partial charge in [-0.1, -0.05) is 59.6 Å². The number of nitrogens with one attached hydrogen (secondary N) is 1. The smallest absolute Gasteiger partial charge is 0.194 e. The molecule has 1 atom stereocenters. The molecule has 0 spiro atoms. The Labute approximate surface area is 140 Å². The molecule has 2 aromatic carbocycles. The summed E-state index contributed by atoms with van der Waals surface area (Å²) < 4.78 is 0. The first kappa shape index (κ1) is 15.2. The van der Waals surface area contributed by atoms with Crippen molar-refractivity contribution in [3.8, 4) is 0 Å². The largest absolute Gasteiger partial charge is 0.348 e. The summed E-state index contributed by atoms with van der Waals surface area (Å²) in [4.78, 5) is 6.67. The molecule has 0 radical (unpaired) electrons. The topological polar surface area (TPSA) is 27.6 Å². The highest BCUT2D eigenvalue weighted by Gasteiger charge is 2.21. The summed E-state index contributed by atoms with van der Waals surface area (Å²) in [5, 5.41) is 4.79. The van der Waals surface area contributed by atoms with Crippen LogP contribution in [0.1, 0.15) is 17.2 Å². The zero-order valence-electron chi connectivity index (χ0n) is 12.3. The predicted molar refractivity (Wildman–Crippen MR) is 92.5 cm³/mol. The Morgan fingerprint density at radius 2 is 1.95 bits per heavy atom. The average Bonchev–Trinajstić information content (AvgIpc) is 3.01. The van der Waals surface area contributed by atoms with Crippen LogP contribution in [-0.2, 0) is 6.54 Å². The Morgan fingerprint density at radius 1 is 1.18 bits per heavy atom. The van der Waals surface area contributed by atoms with Gasteiger partial charge in [0.25, 0.3) is 0 Å². The third-order valence-electron chi connectivity index (χ3n) is 3.71. The van der Waals surface area contributed by atoms with E-state index in [2.05, 4.69) is 27.3 Å². The maximum atomic E-state index is 6.23. The lowest BCUT2D eigenvalue weighted by Gasteiger charge is -2.21. The van der Waals surface area contributed by atoms with Crippen LogP contribution in [0.2, 0.25) is 10.0 Å². The maximum Gasteiger partial charge on any atom is 0.194 e. The van der Waals surface area contributed by atoms with Crippen LogP contribution in [0.5, 0.6) is 0 Å². The van der Waals surface area contributed by atoms with Crippen molar-refractivity contribution in [2.24, 2.45) is 4.99 Å². The van der Waals surface area contributed by atoms with Crippen molar-refractivity contribution in [2.75, 3.05) is 13.6 Å². The third kappa shape index (κ3) is 3.37. The van der Waals surface area contributed by atoms with Crippen molar-refractivity contribution >= 4 is 29.2 Å². The van der Waals surface area contributed by atoms with E-state index in [4.69, 9.17) is 23.2 Å². The van der Waals surface area contributed by atoms with Crippen molar-refractivity contribution in [3.63, 3.8) is 0 Å². The molecule has 1 aliphatic heterocycles. The minimum atomic E-state index is 0.235. The van der Waals surface area contributed by atoms with Gasteiger partial charge in [0.1, 0.15) is 0 Å². The summed E-state index contributed by atoms with van der Waals surface area (Å²) in [6, 6.07) is 16.2. The van der Waals surface area contributed by atoms with Gasteiger partial charge in [0.15, 0.2) is 5.96 Å². The van der Waals surface area contributed by atoms with Gasteiger partial charge < -0.3 is 10.2 Å². The van der Waals surface area contributed by atoms with E-state index in [1.54, 1.807) is 6.07 Å². The van der Waals surface area contributed by atoms with Gasteiger partial charge in [-0.15, -0.1) is 0 Å². The summed E-state index contributed by atoms with van der Waals surface area (Å²) in [6.07, 6.45) is 0. The summed E-state index contributed by atoms with van der Waals surface area (Å²) in [5.74, 6) is 0.889. The number of rotatable bonds is 3. The van der Waals surface area contributed by atoms with Crippen molar-refractivity contribution in [2.45, 2.75) is 12.6 Å². The Balaban J connectivity index is 1.65. The van der Waals surface area contributed by atoms with Crippen molar-refractivity contribution < 1.29 is 0 Å². The van der Waals surface area contributed by atoms with E-state index in [0.717, 1.165) is 18.1 Å². The summed E-state index contributed by atoms with van der Waals surface area (Å²) in [7, 11) is 2.00. The standard InChI is InChI=1S/C17H17Cl2N3/c1-22(11-13-7-8-14(18)9-15(13)19)17-20-10-16(21-17)12-5-3-2-4-6-12/h2-9,16H,10-11H2,1H3,(H,20,21). The molecule has 114 valence electrons. The fraction of sp³-hybridized carbons (Fsp3) is 0.235. The van der Waals surface area contributed by atoms with Gasteiger partial charge in [0.2, 0.25) is 0 Å². The van der Waals surface area contributed by atoms with Crippen LogP contribution in [0.25, 0.3) is 0 Å². The summed E-state index contributed by atoms with van der Waals surface area (Å²) >= 11 is 12.2. The number of guanidine groups is 1. The molecule has 0 bridgehead atoms. The number of nitrogens with zero attached hydrogens (tertiary/aromatic N) is 2. The fourth-order valence-corrected chi connectivity index (χ4v) is 2.98. The normalized spacial score (nSPS) is 17.0. The summed E-state index contributed by atoms with van der Waals surface area (Å²) in [6.45, 7) is 1.43. The van der Waals surface area contributed by atoms with E-state index < -0.39 is 0 Å². The molecule has 0 aromatic heterocycles. The molecule has 1 unspecified atom stereocenters. The SMILES string of the molecule is CN(Cc1ccc(Cl)cc1Cl)C1=NCC(c2ccccc2)N1. The molecule has 3 nitrogen and oxygen atoms in total. The number of hydrogen-bond acceptors (Lipinski definition) is 3. The Bertz CT molecular complexity index is 686. The Kier molecular flexibility index (Phi) is 4.55. The van der Waals surface area contributed by atoms with Gasteiger partial charge in [0.05, 0.1) is 12.6 Å². The lowest BCUT2D eigenvalue weighted by atomic mass is 10.1. The average molecular weight is 334 g/mol. The van der Waals surface area contributed by atoms with Gasteiger partial charge in [-0.25, -0.2) is 0 Å². The minimum absolute atomic E-state index is 0.235. The first-order chi connectivity index (χ1) is 10.6. The van der Waals surface area contributed by atoms with E-state index in [9.17, 15) is 0 Å². The zero-order chi connectivity index (χ0) is 15.5. The number of halogens is 2. The lowest BCUT2D eigenvalue weighted by Crippen LogP contribution is -2.36. The number of benzene rings is 2. The highest BCUT2D eigenvalue weighted by molar-refractivity contribution is 6.35. The molecule has 0 saturated heterocycles. The van der Waals surface area contributed by atoms with E-state index in [0.29, 0.717) is 16.6 Å². The van der Waals surface area contributed by atoms with Gasteiger partial charge >= 0.3 is 0 Å². The van der Waals surface area contributed by atoms with Crippen LogP contribution in [0.3, 0.4) is 0 Å². The van der Waals surface area contributed by atoms with Gasteiger partial charge in [0, 0.05) is 23.6 Å². The molecule has 0 saturated carbocycles. The molecular formula is C17H17Cl2N3. The first-order valence-electron chi connectivity index (χ1n) is 7.14. The van der Waals surface area contributed by atoms with Gasteiger partial charge in [-0.3, -0.25) is 4.99 Å². The first-order valence-corrected chi connectivity index (χ1v) is 7.90. The van der Waals surface area contributed by atoms with Crippen molar-refractivity contribution in [1.29, 1.82) is 0 Å². The molecule has 0 fully saturated rings. The van der Waals surface area contributed by atoms with Crippen LogP contribution >= 0.6 is 23.2 Å². The molecular weight excluding hydrogens is 317 g/mol. The molecule has 1 N–H and O–H groups in total. The predicted octanol–water partition coefficient (Wildman–Crippen LogP) is 4.13. The molecule has 22 heavy (non-hydrogen) atoms. The quantitative estimate of drug-likeness (QED) is 0.914. The van der Waals surface area contributed by atoms with Gasteiger partial charge in [-0.05, 0) is 23.3 Å². The Morgan fingerprint density at radius 3 is 2.68 bits per heavy atom. The van der Waals surface area contributed by atoms with E-state index >= 15 is 0 Å². The molecule has 0 aliphatic carbocycles. The van der Waals surface area contributed by atoms with Crippen molar-refractivity contribution in [3.05, 3.63) is 69.7 Å². The molecule has 1 aliphatic rings. The Hall–Kier alpha value is -1.71. The third-order valence-corrected chi connectivity index (χ3v) is 4.30. The number of hydrogen-bond donors (Lipinski definition) is 1.